The number of allylic oxidation sites excluding steroid dienone is 3. The zero-order valence-corrected chi connectivity index (χ0v) is 15.6. The Morgan fingerprint density at radius 3 is 2.77 bits per heavy atom. The van der Waals surface area contributed by atoms with Crippen LogP contribution in [0.2, 0.25) is 0 Å². The van der Waals surface area contributed by atoms with Crippen molar-refractivity contribution in [1.82, 2.24) is 5.43 Å². The highest BCUT2D eigenvalue weighted by atomic mass is 19.1. The van der Waals surface area contributed by atoms with Gasteiger partial charge < -0.3 is 0 Å². The fourth-order valence-corrected chi connectivity index (χ4v) is 3.37. The fourth-order valence-electron chi connectivity index (χ4n) is 3.37. The van der Waals surface area contributed by atoms with Crippen LogP contribution in [-0.4, -0.2) is 18.5 Å². The second kappa shape index (κ2) is 6.56. The number of nitrogens with zero attached hydrogens (tertiary/aromatic N) is 2. The molecule has 5 heteroatoms. The van der Waals surface area contributed by atoms with Crippen LogP contribution in [0.15, 0.2) is 58.8 Å². The van der Waals surface area contributed by atoms with E-state index in [1.807, 2.05) is 23.2 Å². The van der Waals surface area contributed by atoms with Crippen molar-refractivity contribution in [3.05, 3.63) is 59.6 Å². The Morgan fingerprint density at radius 1 is 1.38 bits per heavy atom. The molecule has 2 heterocycles. The molecule has 0 amide bonds. The molecule has 136 valence electrons. The van der Waals surface area contributed by atoms with Crippen molar-refractivity contribution >= 4 is 23.4 Å². The smallest absolute Gasteiger partial charge is 0.161 e. The van der Waals surface area contributed by atoms with Gasteiger partial charge in [0, 0.05) is 24.3 Å². The molecule has 0 radical (unpaired) electrons. The van der Waals surface area contributed by atoms with Crippen LogP contribution in [0.4, 0.5) is 15.8 Å². The van der Waals surface area contributed by atoms with Crippen molar-refractivity contribution in [3.8, 4) is 0 Å². The summed E-state index contributed by atoms with van der Waals surface area (Å²) in [5.74, 6) is -0.365. The summed E-state index contributed by atoms with van der Waals surface area (Å²) >= 11 is 0. The predicted octanol–water partition coefficient (Wildman–Crippen LogP) is 4.48. The molecule has 0 saturated heterocycles. The van der Waals surface area contributed by atoms with E-state index in [0.29, 0.717) is 23.5 Å². The standard InChI is InChI=1S/C21H24FN3O/c1-13-16(14(2)26)11-15-9-10-23-20-18(22)7-6-8-19(20)25(24-13)12-17(15)21(3,4)5/h6-11,17,24H,1,12H2,2-5H3/b15-9-,16-11?,23-10?. The van der Waals surface area contributed by atoms with E-state index < -0.39 is 0 Å². The van der Waals surface area contributed by atoms with Gasteiger partial charge in [0.1, 0.15) is 5.69 Å². The van der Waals surface area contributed by atoms with E-state index in [1.54, 1.807) is 12.3 Å². The lowest BCUT2D eigenvalue weighted by molar-refractivity contribution is -0.113. The molecule has 0 aromatic heterocycles. The molecule has 0 saturated carbocycles. The Labute approximate surface area is 153 Å². The highest BCUT2D eigenvalue weighted by Crippen LogP contribution is 2.39. The molecule has 3 rings (SSSR count). The van der Waals surface area contributed by atoms with Gasteiger partial charge >= 0.3 is 0 Å². The first-order valence-corrected chi connectivity index (χ1v) is 8.67. The zero-order chi connectivity index (χ0) is 19.1. The number of ketones is 1. The highest BCUT2D eigenvalue weighted by molar-refractivity contribution is 5.98. The Hall–Kier alpha value is -2.69. The topological polar surface area (TPSA) is 44.7 Å². The van der Waals surface area contributed by atoms with Crippen LogP contribution in [0.5, 0.6) is 0 Å². The van der Waals surface area contributed by atoms with Gasteiger partial charge in [0.15, 0.2) is 11.6 Å². The quantitative estimate of drug-likeness (QED) is 0.809. The van der Waals surface area contributed by atoms with E-state index in [-0.39, 0.29) is 28.6 Å². The van der Waals surface area contributed by atoms with Crippen molar-refractivity contribution in [3.63, 3.8) is 0 Å². The molecule has 1 aromatic rings. The number of hydrogen-bond acceptors (Lipinski definition) is 4. The number of aliphatic imine (C=N–C) groups is 1. The zero-order valence-electron chi connectivity index (χ0n) is 15.6. The van der Waals surface area contributed by atoms with Crippen molar-refractivity contribution in [2.45, 2.75) is 27.7 Å². The van der Waals surface area contributed by atoms with Gasteiger partial charge in [-0.3, -0.25) is 20.2 Å². The first-order chi connectivity index (χ1) is 12.2. The van der Waals surface area contributed by atoms with Crippen molar-refractivity contribution < 1.29 is 9.18 Å². The number of para-hydroxylation sites is 1. The molecule has 26 heavy (non-hydrogen) atoms. The van der Waals surface area contributed by atoms with Gasteiger partial charge in [-0.1, -0.05) is 33.4 Å². The summed E-state index contributed by atoms with van der Waals surface area (Å²) in [6.07, 6.45) is 5.36. The fraction of sp³-hybridized carbons (Fsp3) is 0.333. The molecule has 0 aliphatic carbocycles. The van der Waals surface area contributed by atoms with Gasteiger partial charge in [-0.05, 0) is 42.2 Å². The number of hydrogen-bond donors (Lipinski definition) is 1. The third-order valence-electron chi connectivity index (χ3n) is 4.83. The van der Waals surface area contributed by atoms with Crippen LogP contribution in [0.1, 0.15) is 27.7 Å². The maximum atomic E-state index is 14.4. The van der Waals surface area contributed by atoms with Gasteiger partial charge in [0.05, 0.1) is 11.4 Å². The van der Waals surface area contributed by atoms with E-state index in [1.165, 1.54) is 13.0 Å². The van der Waals surface area contributed by atoms with E-state index >= 15 is 0 Å². The van der Waals surface area contributed by atoms with Crippen LogP contribution >= 0.6 is 0 Å². The largest absolute Gasteiger partial charge is 0.298 e. The molecule has 1 unspecified atom stereocenters. The molecular weight excluding hydrogens is 329 g/mol. The molecule has 4 nitrogen and oxygen atoms in total. The number of benzene rings is 1. The van der Waals surface area contributed by atoms with E-state index in [2.05, 4.69) is 37.8 Å². The highest BCUT2D eigenvalue weighted by Gasteiger charge is 2.33. The average molecular weight is 353 g/mol. The third kappa shape index (κ3) is 3.34. The van der Waals surface area contributed by atoms with Crippen LogP contribution in [0.3, 0.4) is 0 Å². The predicted molar refractivity (Wildman–Crippen MR) is 104 cm³/mol. The van der Waals surface area contributed by atoms with E-state index in [0.717, 1.165) is 5.57 Å². The summed E-state index contributed by atoms with van der Waals surface area (Å²) in [5, 5.41) is 1.85. The maximum Gasteiger partial charge on any atom is 0.161 e. The molecule has 0 spiro atoms. The number of rotatable bonds is 1. The summed E-state index contributed by atoms with van der Waals surface area (Å²) in [4.78, 5) is 16.5. The van der Waals surface area contributed by atoms with Gasteiger partial charge in [-0.2, -0.15) is 0 Å². The molecule has 0 fully saturated rings. The first-order valence-electron chi connectivity index (χ1n) is 8.67. The van der Waals surface area contributed by atoms with Gasteiger partial charge in [-0.15, -0.1) is 0 Å². The molecule has 2 bridgehead atoms. The van der Waals surface area contributed by atoms with Crippen molar-refractivity contribution in [2.24, 2.45) is 16.3 Å². The van der Waals surface area contributed by atoms with Crippen LogP contribution in [0.25, 0.3) is 0 Å². The molecule has 2 aliphatic heterocycles. The molecule has 2 aliphatic rings. The van der Waals surface area contributed by atoms with Crippen molar-refractivity contribution in [2.75, 3.05) is 11.6 Å². The molecule has 1 aromatic carbocycles. The Balaban J connectivity index is 2.28. The lowest BCUT2D eigenvalue weighted by Gasteiger charge is -2.39. The minimum atomic E-state index is -0.390. The molecule has 1 atom stereocenters. The minimum absolute atomic E-state index is 0.0708. The lowest BCUT2D eigenvalue weighted by atomic mass is 9.74. The third-order valence-corrected chi connectivity index (χ3v) is 4.83. The number of nitrogens with one attached hydrogen (secondary N) is 1. The number of fused-ring (bicyclic) bond motifs is 5. The summed E-state index contributed by atoms with van der Waals surface area (Å²) in [6, 6.07) is 4.87. The number of hydrazine groups is 1. The summed E-state index contributed by atoms with van der Waals surface area (Å²) < 4.78 is 14.4. The maximum absolute atomic E-state index is 14.4. The van der Waals surface area contributed by atoms with Gasteiger partial charge in [0.2, 0.25) is 0 Å². The molecular formula is C21H24FN3O. The molecule has 1 N–H and O–H groups in total. The lowest BCUT2D eigenvalue weighted by Crippen LogP contribution is -2.46. The summed E-state index contributed by atoms with van der Waals surface area (Å²) in [6.45, 7) is 12.6. The number of anilines is 1. The average Bonchev–Trinajstić information content (AvgIpc) is 2.57. The Bertz CT molecular complexity index is 858. The Kier molecular flexibility index (Phi) is 4.57. The van der Waals surface area contributed by atoms with Crippen molar-refractivity contribution in [1.29, 1.82) is 0 Å². The minimum Gasteiger partial charge on any atom is -0.298 e. The first kappa shape index (κ1) is 18.1. The van der Waals surface area contributed by atoms with E-state index in [4.69, 9.17) is 0 Å². The normalized spacial score (nSPS) is 22.0. The second-order valence-corrected chi connectivity index (χ2v) is 7.79. The summed E-state index contributed by atoms with van der Waals surface area (Å²) in [5.41, 5.74) is 6.00. The number of carbonyl (C=O) groups is 1. The van der Waals surface area contributed by atoms with Crippen LogP contribution < -0.4 is 10.4 Å². The second-order valence-electron chi connectivity index (χ2n) is 7.79. The van der Waals surface area contributed by atoms with Crippen LogP contribution in [-0.2, 0) is 4.79 Å². The van der Waals surface area contributed by atoms with Crippen LogP contribution in [0, 0.1) is 17.2 Å². The Morgan fingerprint density at radius 2 is 2.12 bits per heavy atom. The monoisotopic (exact) mass is 353 g/mol. The van der Waals surface area contributed by atoms with Gasteiger partial charge in [0.25, 0.3) is 0 Å². The number of Topliss-reactive ketones (excluding diaryl/α,β-unsaturated/α-hetero) is 1. The SMILES string of the molecule is C=C1NN2CC(C(C)(C)C)/C(=C\C=Nc3c(F)cccc32)C=C1C(C)=O. The van der Waals surface area contributed by atoms with E-state index in [9.17, 15) is 9.18 Å². The summed E-state index contributed by atoms with van der Waals surface area (Å²) in [7, 11) is 0. The number of halogens is 1. The van der Waals surface area contributed by atoms with Gasteiger partial charge in [-0.25, -0.2) is 4.39 Å². The number of carbonyl (C=O) groups excluding carboxylic acids is 1.